The summed E-state index contributed by atoms with van der Waals surface area (Å²) in [5, 5.41) is 2.97. The Morgan fingerprint density at radius 2 is 1.88 bits per heavy atom. The number of anilines is 1. The highest BCUT2D eigenvalue weighted by Crippen LogP contribution is 2.36. The molecule has 0 radical (unpaired) electrons. The summed E-state index contributed by atoms with van der Waals surface area (Å²) in [5.74, 6) is 0.679. The van der Waals surface area contributed by atoms with Gasteiger partial charge in [0, 0.05) is 11.3 Å². The first-order valence-electron chi connectivity index (χ1n) is 7.93. The van der Waals surface area contributed by atoms with E-state index in [2.05, 4.69) is 29.6 Å². The number of ether oxygens (including phenoxy) is 1. The fourth-order valence-corrected chi connectivity index (χ4v) is 3.21. The summed E-state index contributed by atoms with van der Waals surface area (Å²) in [6.45, 7) is 0. The number of rotatable bonds is 3. The largest absolute Gasteiger partial charge is 0.497 e. The highest BCUT2D eigenvalue weighted by atomic mass is 16.5. The highest BCUT2D eigenvalue weighted by Gasteiger charge is 2.21. The number of methoxy groups -OCH3 is 1. The first-order valence-corrected chi connectivity index (χ1v) is 7.93. The van der Waals surface area contributed by atoms with Gasteiger partial charge in [0.05, 0.1) is 7.11 Å². The van der Waals surface area contributed by atoms with Crippen LogP contribution in [0.3, 0.4) is 0 Å². The molecule has 0 atom stereocenters. The molecule has 0 heterocycles. The molecule has 1 amide bonds. The van der Waals surface area contributed by atoms with Crippen molar-refractivity contribution in [3.8, 4) is 16.9 Å². The molecular formula is C21H17NO2. The molecule has 3 aliphatic rings. The van der Waals surface area contributed by atoms with Crippen LogP contribution in [0.1, 0.15) is 21.5 Å². The van der Waals surface area contributed by atoms with Crippen LogP contribution < -0.4 is 10.1 Å². The number of amides is 1. The van der Waals surface area contributed by atoms with E-state index in [4.69, 9.17) is 4.74 Å². The smallest absolute Gasteiger partial charge is 0.256 e. The van der Waals surface area contributed by atoms with Gasteiger partial charge in [-0.2, -0.15) is 0 Å². The van der Waals surface area contributed by atoms with Crippen molar-refractivity contribution in [3.63, 3.8) is 0 Å². The monoisotopic (exact) mass is 315 g/mol. The van der Waals surface area contributed by atoms with Crippen LogP contribution >= 0.6 is 0 Å². The molecule has 1 aromatic rings. The Morgan fingerprint density at radius 1 is 1.04 bits per heavy atom. The lowest BCUT2D eigenvalue weighted by molar-refractivity contribution is 0.102. The van der Waals surface area contributed by atoms with Crippen molar-refractivity contribution in [2.75, 3.05) is 12.4 Å². The number of benzene rings is 1. The van der Waals surface area contributed by atoms with Crippen LogP contribution in [0.5, 0.6) is 5.75 Å². The van der Waals surface area contributed by atoms with Crippen LogP contribution in [0.15, 0.2) is 60.7 Å². The molecule has 3 nitrogen and oxygen atoms in total. The second-order valence-electron chi connectivity index (χ2n) is 5.83. The van der Waals surface area contributed by atoms with E-state index in [1.54, 1.807) is 7.11 Å². The molecule has 4 rings (SSSR count). The molecule has 1 N–H and O–H groups in total. The Labute approximate surface area is 140 Å². The van der Waals surface area contributed by atoms with Crippen molar-refractivity contribution < 1.29 is 9.53 Å². The van der Waals surface area contributed by atoms with Gasteiger partial charge >= 0.3 is 0 Å². The van der Waals surface area contributed by atoms with Gasteiger partial charge in [0.15, 0.2) is 0 Å². The van der Waals surface area contributed by atoms with Gasteiger partial charge in [0.25, 0.3) is 5.91 Å². The van der Waals surface area contributed by atoms with Crippen molar-refractivity contribution in [3.05, 3.63) is 77.4 Å². The summed E-state index contributed by atoms with van der Waals surface area (Å²) in [5.41, 5.74) is 6.03. The van der Waals surface area contributed by atoms with Gasteiger partial charge < -0.3 is 10.1 Å². The minimum absolute atomic E-state index is 0.0875. The fraction of sp³-hybridized carbons (Fsp3) is 0.0952. The molecule has 1 aromatic carbocycles. The molecule has 3 aliphatic carbocycles. The molecule has 24 heavy (non-hydrogen) atoms. The molecule has 118 valence electrons. The normalized spacial score (nSPS) is 12.2. The van der Waals surface area contributed by atoms with E-state index in [9.17, 15) is 4.79 Å². The third kappa shape index (κ3) is 2.44. The van der Waals surface area contributed by atoms with Crippen LogP contribution in [0, 0.1) is 0 Å². The van der Waals surface area contributed by atoms with E-state index < -0.39 is 0 Å². The van der Waals surface area contributed by atoms with Crippen LogP contribution in [-0.2, 0) is 6.42 Å². The summed E-state index contributed by atoms with van der Waals surface area (Å²) in [7, 11) is 1.62. The zero-order valence-electron chi connectivity index (χ0n) is 13.4. The molecule has 0 spiro atoms. The minimum atomic E-state index is -0.0875. The second kappa shape index (κ2) is 5.85. The van der Waals surface area contributed by atoms with Gasteiger partial charge in [-0.1, -0.05) is 36.4 Å². The van der Waals surface area contributed by atoms with Crippen LogP contribution in [-0.4, -0.2) is 13.0 Å². The Kier molecular flexibility index (Phi) is 3.54. The minimum Gasteiger partial charge on any atom is -0.497 e. The topological polar surface area (TPSA) is 38.3 Å². The van der Waals surface area contributed by atoms with Crippen molar-refractivity contribution in [2.24, 2.45) is 0 Å². The maximum Gasteiger partial charge on any atom is 0.256 e. The van der Waals surface area contributed by atoms with Crippen molar-refractivity contribution >= 4 is 17.7 Å². The summed E-state index contributed by atoms with van der Waals surface area (Å²) in [6, 6.07) is 17.5. The van der Waals surface area contributed by atoms with E-state index in [-0.39, 0.29) is 5.91 Å². The standard InChI is InChI=1S/C21H17NO2/c1-24-17-11-9-16(10-12-17)22-21(23)19-13-8-15-6-2-4-14-5-3-7-18(14)20(15)19/h2-6,8-13H,7H2,1H3,(H,22,23). The summed E-state index contributed by atoms with van der Waals surface area (Å²) < 4.78 is 5.15. The summed E-state index contributed by atoms with van der Waals surface area (Å²) in [4.78, 5) is 12.8. The molecule has 3 heteroatoms. The molecule has 0 unspecified atom stereocenters. The van der Waals surface area contributed by atoms with E-state index in [1.165, 1.54) is 11.1 Å². The Balaban J connectivity index is 1.69. The van der Waals surface area contributed by atoms with E-state index in [1.807, 2.05) is 42.5 Å². The van der Waals surface area contributed by atoms with Crippen LogP contribution in [0.4, 0.5) is 5.69 Å². The first-order chi connectivity index (χ1) is 11.8. The number of hydrogen-bond donors (Lipinski definition) is 1. The average Bonchev–Trinajstić information content (AvgIpc) is 3.19. The molecule has 0 aliphatic heterocycles. The van der Waals surface area contributed by atoms with Gasteiger partial charge in [-0.15, -0.1) is 0 Å². The van der Waals surface area contributed by atoms with Crippen molar-refractivity contribution in [1.82, 2.24) is 0 Å². The van der Waals surface area contributed by atoms with Crippen molar-refractivity contribution in [2.45, 2.75) is 6.42 Å². The molecule has 0 bridgehead atoms. The Hall–Kier alpha value is -3.07. The van der Waals surface area contributed by atoms with Crippen molar-refractivity contribution in [1.29, 1.82) is 0 Å². The third-order valence-corrected chi connectivity index (χ3v) is 4.40. The zero-order chi connectivity index (χ0) is 16.5. The summed E-state index contributed by atoms with van der Waals surface area (Å²) >= 11 is 0. The van der Waals surface area contributed by atoms with Gasteiger partial charge in [-0.25, -0.2) is 0 Å². The first kappa shape index (κ1) is 14.5. The van der Waals surface area contributed by atoms with Crippen LogP contribution in [0.2, 0.25) is 0 Å². The van der Waals surface area contributed by atoms with E-state index in [0.29, 0.717) is 0 Å². The predicted molar refractivity (Wildman–Crippen MR) is 96.7 cm³/mol. The number of fused-ring (bicyclic) bond motifs is 3. The lowest BCUT2D eigenvalue weighted by atomic mass is 10.00. The van der Waals surface area contributed by atoms with Gasteiger partial charge in [0.2, 0.25) is 0 Å². The van der Waals surface area contributed by atoms with Gasteiger partial charge in [0.1, 0.15) is 5.75 Å². The van der Waals surface area contributed by atoms with E-state index >= 15 is 0 Å². The lowest BCUT2D eigenvalue weighted by Gasteiger charge is -2.09. The molecule has 0 fully saturated rings. The maximum atomic E-state index is 12.8. The Bertz CT molecular complexity index is 910. The average molecular weight is 315 g/mol. The SMILES string of the molecule is COc1ccc(NC(=O)c2ccc3cccc4c(c2-3)CC=C4)cc1. The molecule has 0 saturated heterocycles. The maximum absolute atomic E-state index is 12.8. The van der Waals surface area contributed by atoms with Gasteiger partial charge in [-0.3, -0.25) is 4.79 Å². The number of allylic oxidation sites excluding steroid dienone is 1. The van der Waals surface area contributed by atoms with Crippen LogP contribution in [0.25, 0.3) is 17.2 Å². The van der Waals surface area contributed by atoms with E-state index in [0.717, 1.165) is 34.5 Å². The second-order valence-corrected chi connectivity index (χ2v) is 5.83. The lowest BCUT2D eigenvalue weighted by Crippen LogP contribution is -2.12. The highest BCUT2D eigenvalue weighted by molar-refractivity contribution is 6.10. The number of carbonyl (C=O) groups is 1. The molecule has 0 aromatic heterocycles. The number of nitrogens with one attached hydrogen (secondary N) is 1. The summed E-state index contributed by atoms with van der Waals surface area (Å²) in [6.07, 6.45) is 5.13. The van der Waals surface area contributed by atoms with Gasteiger partial charge in [-0.05, 0) is 59.0 Å². The predicted octanol–water partition coefficient (Wildman–Crippen LogP) is 4.62. The molecular weight excluding hydrogens is 298 g/mol. The zero-order valence-corrected chi connectivity index (χ0v) is 13.4. The number of hydrogen-bond acceptors (Lipinski definition) is 2. The molecule has 0 saturated carbocycles. The fourth-order valence-electron chi connectivity index (χ4n) is 3.21. The Morgan fingerprint density at radius 3 is 2.67 bits per heavy atom. The third-order valence-electron chi connectivity index (χ3n) is 4.40. The number of carbonyl (C=O) groups excluding carboxylic acids is 1. The quantitative estimate of drug-likeness (QED) is 0.766.